The molecular weight excluding hydrogens is 286 g/mol. The molecule has 0 spiro atoms. The molecule has 1 aliphatic rings. The van der Waals surface area contributed by atoms with Gasteiger partial charge in [-0.25, -0.2) is 15.0 Å². The number of thiazole rings is 1. The van der Waals surface area contributed by atoms with E-state index in [1.807, 2.05) is 19.3 Å². The highest BCUT2D eigenvalue weighted by atomic mass is 32.1. The van der Waals surface area contributed by atoms with E-state index in [2.05, 4.69) is 30.5 Å². The van der Waals surface area contributed by atoms with E-state index in [-0.39, 0.29) is 0 Å². The Bertz CT molecular complexity index is 565. The monoisotopic (exact) mass is 305 g/mol. The van der Waals surface area contributed by atoms with Crippen LogP contribution in [0, 0.1) is 6.92 Å². The molecule has 1 N–H and O–H groups in total. The molecular formula is C14H19N5OS. The molecule has 2 aromatic rings. The number of rotatable bonds is 5. The van der Waals surface area contributed by atoms with E-state index in [4.69, 9.17) is 4.74 Å². The van der Waals surface area contributed by atoms with Gasteiger partial charge in [-0.05, 0) is 6.92 Å². The summed E-state index contributed by atoms with van der Waals surface area (Å²) >= 11 is 1.68. The summed E-state index contributed by atoms with van der Waals surface area (Å²) in [6, 6.07) is 0. The fourth-order valence-corrected chi connectivity index (χ4v) is 2.80. The topological polar surface area (TPSA) is 63.2 Å². The van der Waals surface area contributed by atoms with Crippen LogP contribution in [-0.2, 0) is 17.8 Å². The van der Waals surface area contributed by atoms with Gasteiger partial charge in [-0.15, -0.1) is 11.3 Å². The Morgan fingerprint density at radius 1 is 1.24 bits per heavy atom. The van der Waals surface area contributed by atoms with Crippen LogP contribution in [0.5, 0.6) is 0 Å². The van der Waals surface area contributed by atoms with Crippen molar-refractivity contribution in [2.75, 3.05) is 31.2 Å². The van der Waals surface area contributed by atoms with Gasteiger partial charge in [0.1, 0.15) is 0 Å². The lowest BCUT2D eigenvalue weighted by atomic mass is 10.3. The summed E-state index contributed by atoms with van der Waals surface area (Å²) in [6.07, 6.45) is 3.77. The molecule has 1 aliphatic heterocycles. The zero-order valence-electron chi connectivity index (χ0n) is 12.1. The van der Waals surface area contributed by atoms with E-state index in [0.29, 0.717) is 0 Å². The lowest BCUT2D eigenvalue weighted by molar-refractivity contribution is 0.122. The molecule has 6 nitrogen and oxygen atoms in total. The molecule has 1 saturated heterocycles. The fraction of sp³-hybridized carbons (Fsp3) is 0.500. The fourth-order valence-electron chi connectivity index (χ4n) is 2.19. The number of aromatic nitrogens is 3. The van der Waals surface area contributed by atoms with Crippen molar-refractivity contribution < 1.29 is 4.74 Å². The van der Waals surface area contributed by atoms with Crippen molar-refractivity contribution in [3.63, 3.8) is 0 Å². The maximum atomic E-state index is 5.33. The molecule has 1 fully saturated rings. The molecule has 0 atom stereocenters. The van der Waals surface area contributed by atoms with Gasteiger partial charge >= 0.3 is 0 Å². The summed E-state index contributed by atoms with van der Waals surface area (Å²) in [5, 5.41) is 6.55. The van der Waals surface area contributed by atoms with Crippen LogP contribution in [0.4, 0.5) is 5.95 Å². The number of aryl methyl sites for hydroxylation is 1. The van der Waals surface area contributed by atoms with E-state index < -0.39 is 0 Å². The third-order valence-corrected chi connectivity index (χ3v) is 4.11. The van der Waals surface area contributed by atoms with Crippen molar-refractivity contribution in [3.8, 4) is 0 Å². The standard InChI is InChI=1S/C14H19N5OS/c1-11-18-13(10-21-11)9-15-6-12-7-16-14(17-8-12)19-2-4-20-5-3-19/h7-8,10,15H,2-6,9H2,1H3. The Labute approximate surface area is 128 Å². The predicted octanol–water partition coefficient (Wildman–Crippen LogP) is 1.37. The second-order valence-electron chi connectivity index (χ2n) is 4.95. The van der Waals surface area contributed by atoms with Crippen molar-refractivity contribution in [1.29, 1.82) is 0 Å². The van der Waals surface area contributed by atoms with Gasteiger partial charge < -0.3 is 15.0 Å². The number of ether oxygens (including phenoxy) is 1. The smallest absolute Gasteiger partial charge is 0.225 e. The molecule has 3 rings (SSSR count). The average molecular weight is 305 g/mol. The van der Waals surface area contributed by atoms with Crippen LogP contribution in [0.15, 0.2) is 17.8 Å². The van der Waals surface area contributed by atoms with Crippen LogP contribution < -0.4 is 10.2 Å². The molecule has 0 aromatic carbocycles. The molecule has 21 heavy (non-hydrogen) atoms. The number of anilines is 1. The van der Waals surface area contributed by atoms with Crippen molar-refractivity contribution in [3.05, 3.63) is 34.0 Å². The van der Waals surface area contributed by atoms with Gasteiger partial charge in [0.15, 0.2) is 0 Å². The molecule has 112 valence electrons. The van der Waals surface area contributed by atoms with Crippen LogP contribution >= 0.6 is 11.3 Å². The largest absolute Gasteiger partial charge is 0.378 e. The Morgan fingerprint density at radius 2 is 2.00 bits per heavy atom. The average Bonchev–Trinajstić information content (AvgIpc) is 2.94. The van der Waals surface area contributed by atoms with Crippen LogP contribution in [0.25, 0.3) is 0 Å². The van der Waals surface area contributed by atoms with E-state index in [1.54, 1.807) is 11.3 Å². The van der Waals surface area contributed by atoms with Gasteiger partial charge in [-0.1, -0.05) is 0 Å². The Morgan fingerprint density at radius 3 is 2.67 bits per heavy atom. The maximum Gasteiger partial charge on any atom is 0.225 e. The quantitative estimate of drug-likeness (QED) is 0.900. The van der Waals surface area contributed by atoms with E-state index in [1.165, 1.54) is 0 Å². The van der Waals surface area contributed by atoms with Crippen molar-refractivity contribution in [2.45, 2.75) is 20.0 Å². The number of nitrogens with one attached hydrogen (secondary N) is 1. The molecule has 0 amide bonds. The minimum absolute atomic E-state index is 0.750. The van der Waals surface area contributed by atoms with E-state index >= 15 is 0 Å². The van der Waals surface area contributed by atoms with Gasteiger partial charge in [-0.3, -0.25) is 0 Å². The van der Waals surface area contributed by atoms with Crippen molar-refractivity contribution in [1.82, 2.24) is 20.3 Å². The first kappa shape index (κ1) is 14.4. The maximum absolute atomic E-state index is 5.33. The SMILES string of the molecule is Cc1nc(CNCc2cnc(N3CCOCC3)nc2)cs1. The van der Waals surface area contributed by atoms with Gasteiger partial charge in [0.25, 0.3) is 0 Å². The van der Waals surface area contributed by atoms with Crippen molar-refractivity contribution in [2.24, 2.45) is 0 Å². The van der Waals surface area contributed by atoms with Crippen LogP contribution in [0.3, 0.4) is 0 Å². The third kappa shape index (κ3) is 3.96. The van der Waals surface area contributed by atoms with Crippen LogP contribution in [0.2, 0.25) is 0 Å². The summed E-state index contributed by atoms with van der Waals surface area (Å²) in [7, 11) is 0. The molecule has 0 saturated carbocycles. The van der Waals surface area contributed by atoms with Gasteiger partial charge in [0.05, 0.1) is 23.9 Å². The van der Waals surface area contributed by atoms with Crippen LogP contribution in [0.1, 0.15) is 16.3 Å². The second kappa shape index (κ2) is 6.93. The lowest BCUT2D eigenvalue weighted by Gasteiger charge is -2.26. The Balaban J connectivity index is 1.49. The first-order chi connectivity index (χ1) is 10.3. The predicted molar refractivity (Wildman–Crippen MR) is 82.5 cm³/mol. The number of nitrogens with zero attached hydrogens (tertiary/aromatic N) is 4. The second-order valence-corrected chi connectivity index (χ2v) is 6.01. The highest BCUT2D eigenvalue weighted by Crippen LogP contribution is 2.10. The Hall–Kier alpha value is -1.57. The van der Waals surface area contributed by atoms with Crippen LogP contribution in [-0.4, -0.2) is 41.3 Å². The highest BCUT2D eigenvalue weighted by molar-refractivity contribution is 7.09. The zero-order chi connectivity index (χ0) is 14.5. The summed E-state index contributed by atoms with van der Waals surface area (Å²) in [5.74, 6) is 0.789. The van der Waals surface area contributed by atoms with Gasteiger partial charge in [-0.2, -0.15) is 0 Å². The normalized spacial score (nSPS) is 15.4. The molecule has 0 bridgehead atoms. The highest BCUT2D eigenvalue weighted by Gasteiger charge is 2.13. The number of hydrogen-bond acceptors (Lipinski definition) is 7. The third-order valence-electron chi connectivity index (χ3n) is 3.29. The summed E-state index contributed by atoms with van der Waals surface area (Å²) in [6.45, 7) is 6.77. The first-order valence-electron chi connectivity index (χ1n) is 7.06. The minimum Gasteiger partial charge on any atom is -0.378 e. The summed E-state index contributed by atoms with van der Waals surface area (Å²) in [5.41, 5.74) is 2.17. The van der Waals surface area contributed by atoms with Gasteiger partial charge in [0.2, 0.25) is 5.95 Å². The summed E-state index contributed by atoms with van der Waals surface area (Å²) < 4.78 is 5.33. The Kier molecular flexibility index (Phi) is 4.74. The minimum atomic E-state index is 0.750. The first-order valence-corrected chi connectivity index (χ1v) is 7.94. The van der Waals surface area contributed by atoms with Gasteiger partial charge in [0, 0.05) is 49.5 Å². The zero-order valence-corrected chi connectivity index (χ0v) is 12.9. The molecule has 0 radical (unpaired) electrons. The molecule has 3 heterocycles. The van der Waals surface area contributed by atoms with E-state index in [9.17, 15) is 0 Å². The molecule has 0 aliphatic carbocycles. The van der Waals surface area contributed by atoms with Crippen molar-refractivity contribution >= 4 is 17.3 Å². The lowest BCUT2D eigenvalue weighted by Crippen LogP contribution is -2.37. The molecule has 7 heteroatoms. The molecule has 0 unspecified atom stereocenters. The van der Waals surface area contributed by atoms with E-state index in [0.717, 1.165) is 61.6 Å². The summed E-state index contributed by atoms with van der Waals surface area (Å²) in [4.78, 5) is 15.5. The molecule has 2 aromatic heterocycles. The number of hydrogen-bond donors (Lipinski definition) is 1. The number of morpholine rings is 1.